The Bertz CT molecular complexity index is 631. The number of aliphatic hydroxyl groups is 1. The zero-order chi connectivity index (χ0) is 18.4. The summed E-state index contributed by atoms with van der Waals surface area (Å²) in [6.07, 6.45) is 2.48. The molecule has 1 aliphatic heterocycles. The third-order valence-corrected chi connectivity index (χ3v) is 4.75. The molecule has 0 saturated carbocycles. The Morgan fingerprint density at radius 1 is 1.36 bits per heavy atom. The van der Waals surface area contributed by atoms with Crippen molar-refractivity contribution in [1.82, 2.24) is 14.4 Å². The van der Waals surface area contributed by atoms with E-state index in [9.17, 15) is 14.7 Å². The molecule has 7 heteroatoms. The van der Waals surface area contributed by atoms with Gasteiger partial charge in [0.25, 0.3) is 5.91 Å². The molecule has 2 rings (SSSR count). The topological polar surface area (TPSA) is 75.0 Å². The van der Waals surface area contributed by atoms with Crippen molar-refractivity contribution in [2.75, 3.05) is 53.6 Å². The van der Waals surface area contributed by atoms with Gasteiger partial charge in [-0.2, -0.15) is 0 Å². The normalized spacial score (nSPS) is 20.9. The number of hydrogen-bond donors (Lipinski definition) is 1. The highest BCUT2D eigenvalue weighted by Crippen LogP contribution is 2.23. The number of piperidine rings is 1. The van der Waals surface area contributed by atoms with Crippen molar-refractivity contribution in [3.8, 4) is 0 Å². The van der Waals surface area contributed by atoms with Gasteiger partial charge in [0, 0.05) is 59.2 Å². The molecule has 140 valence electrons. The van der Waals surface area contributed by atoms with Crippen LogP contribution in [0.2, 0.25) is 0 Å². The van der Waals surface area contributed by atoms with Crippen LogP contribution in [0, 0.1) is 11.8 Å². The van der Waals surface area contributed by atoms with E-state index in [-0.39, 0.29) is 24.0 Å². The van der Waals surface area contributed by atoms with Crippen LogP contribution in [0.1, 0.15) is 16.8 Å². The minimum Gasteiger partial charge on any atom is -0.396 e. The quantitative estimate of drug-likeness (QED) is 0.750. The Kier molecular flexibility index (Phi) is 7.16. The Balaban J connectivity index is 2.06. The fourth-order valence-corrected chi connectivity index (χ4v) is 3.43. The van der Waals surface area contributed by atoms with Gasteiger partial charge in [0.2, 0.25) is 5.56 Å². The van der Waals surface area contributed by atoms with Crippen LogP contribution in [-0.2, 0) is 11.8 Å². The molecule has 1 aliphatic rings. The molecule has 0 spiro atoms. The number of amides is 1. The highest BCUT2D eigenvalue weighted by Gasteiger charge is 2.30. The Morgan fingerprint density at radius 2 is 2.08 bits per heavy atom. The van der Waals surface area contributed by atoms with Crippen LogP contribution in [0.15, 0.2) is 23.1 Å². The molecule has 1 N–H and O–H groups in total. The van der Waals surface area contributed by atoms with Crippen LogP contribution < -0.4 is 5.56 Å². The van der Waals surface area contributed by atoms with Crippen molar-refractivity contribution in [1.29, 1.82) is 0 Å². The van der Waals surface area contributed by atoms with Crippen LogP contribution in [0.25, 0.3) is 0 Å². The summed E-state index contributed by atoms with van der Waals surface area (Å²) in [7, 11) is 5.37. The maximum atomic E-state index is 12.8. The van der Waals surface area contributed by atoms with Gasteiger partial charge < -0.3 is 24.2 Å². The molecule has 1 aromatic rings. The Morgan fingerprint density at radius 3 is 2.72 bits per heavy atom. The molecule has 1 amide bonds. The van der Waals surface area contributed by atoms with Crippen LogP contribution in [0.3, 0.4) is 0 Å². The predicted octanol–water partition coefficient (Wildman–Crippen LogP) is 0.0341. The maximum Gasteiger partial charge on any atom is 0.255 e. The van der Waals surface area contributed by atoms with Gasteiger partial charge >= 0.3 is 0 Å². The number of rotatable bonds is 7. The zero-order valence-corrected chi connectivity index (χ0v) is 15.4. The van der Waals surface area contributed by atoms with E-state index in [4.69, 9.17) is 4.74 Å². The van der Waals surface area contributed by atoms with Crippen molar-refractivity contribution < 1.29 is 14.6 Å². The average molecular weight is 351 g/mol. The second-order valence-corrected chi connectivity index (χ2v) is 6.98. The summed E-state index contributed by atoms with van der Waals surface area (Å²) in [4.78, 5) is 28.3. The third kappa shape index (κ3) is 5.39. The first kappa shape index (κ1) is 19.6. The number of likely N-dealkylation sites (N-methyl/N-ethyl adjacent to an activating group) is 1. The summed E-state index contributed by atoms with van der Waals surface area (Å²) in [6.45, 7) is 3.66. The second-order valence-electron chi connectivity index (χ2n) is 6.98. The average Bonchev–Trinajstić information content (AvgIpc) is 2.61. The molecule has 2 heterocycles. The van der Waals surface area contributed by atoms with E-state index in [2.05, 4.69) is 4.90 Å². The molecule has 7 nitrogen and oxygen atoms in total. The van der Waals surface area contributed by atoms with Crippen molar-refractivity contribution >= 4 is 5.91 Å². The number of methoxy groups -OCH3 is 1. The fraction of sp³-hybridized carbons (Fsp3) is 0.667. The molecule has 1 fully saturated rings. The number of carbonyl (C=O) groups is 1. The molecule has 0 unspecified atom stereocenters. The van der Waals surface area contributed by atoms with Crippen molar-refractivity contribution in [2.45, 2.75) is 6.42 Å². The predicted molar refractivity (Wildman–Crippen MR) is 95.6 cm³/mol. The van der Waals surface area contributed by atoms with E-state index in [1.54, 1.807) is 31.3 Å². The van der Waals surface area contributed by atoms with Gasteiger partial charge in [-0.05, 0) is 31.4 Å². The number of pyridine rings is 1. The Labute approximate surface area is 148 Å². The van der Waals surface area contributed by atoms with Crippen LogP contribution in [-0.4, -0.2) is 78.9 Å². The number of aromatic nitrogens is 1. The van der Waals surface area contributed by atoms with Gasteiger partial charge in [-0.15, -0.1) is 0 Å². The SMILES string of the molecule is COCCN(C)C[C@H]1C[C@H](CO)CN(C(=O)c2ccc(=O)n(C)c2)C1. The van der Waals surface area contributed by atoms with Crippen molar-refractivity contribution in [3.63, 3.8) is 0 Å². The number of aliphatic hydroxyl groups excluding tert-OH is 1. The summed E-state index contributed by atoms with van der Waals surface area (Å²) in [5.41, 5.74) is 0.369. The highest BCUT2D eigenvalue weighted by atomic mass is 16.5. The number of carbonyl (C=O) groups excluding carboxylic acids is 1. The monoisotopic (exact) mass is 351 g/mol. The number of nitrogens with zero attached hydrogens (tertiary/aromatic N) is 3. The number of hydrogen-bond acceptors (Lipinski definition) is 5. The van der Waals surface area contributed by atoms with Crippen molar-refractivity contribution in [2.24, 2.45) is 18.9 Å². The van der Waals surface area contributed by atoms with Gasteiger partial charge in [-0.25, -0.2) is 0 Å². The van der Waals surface area contributed by atoms with Crippen LogP contribution in [0.5, 0.6) is 0 Å². The molecule has 0 aliphatic carbocycles. The first-order valence-corrected chi connectivity index (χ1v) is 8.68. The van der Waals surface area contributed by atoms with E-state index in [0.717, 1.165) is 19.5 Å². The van der Waals surface area contributed by atoms with E-state index >= 15 is 0 Å². The van der Waals surface area contributed by atoms with E-state index in [1.807, 2.05) is 7.05 Å². The summed E-state index contributed by atoms with van der Waals surface area (Å²) in [5.74, 6) is 0.314. The second kappa shape index (κ2) is 9.12. The molecule has 0 aromatic carbocycles. The summed E-state index contributed by atoms with van der Waals surface area (Å²) >= 11 is 0. The number of likely N-dealkylation sites (tertiary alicyclic amines) is 1. The molecular weight excluding hydrogens is 322 g/mol. The molecule has 0 radical (unpaired) electrons. The zero-order valence-electron chi connectivity index (χ0n) is 15.4. The molecular formula is C18H29N3O4. The molecule has 25 heavy (non-hydrogen) atoms. The van der Waals surface area contributed by atoms with Gasteiger partial charge in [0.1, 0.15) is 0 Å². The highest BCUT2D eigenvalue weighted by molar-refractivity contribution is 5.94. The van der Waals surface area contributed by atoms with E-state index < -0.39 is 0 Å². The van der Waals surface area contributed by atoms with Crippen LogP contribution >= 0.6 is 0 Å². The van der Waals surface area contributed by atoms with E-state index in [0.29, 0.717) is 31.2 Å². The first-order chi connectivity index (χ1) is 11.9. The van der Waals surface area contributed by atoms with Gasteiger partial charge in [-0.1, -0.05) is 0 Å². The third-order valence-electron chi connectivity index (χ3n) is 4.75. The fourth-order valence-electron chi connectivity index (χ4n) is 3.43. The summed E-state index contributed by atoms with van der Waals surface area (Å²) in [6, 6.07) is 2.99. The van der Waals surface area contributed by atoms with E-state index in [1.165, 1.54) is 10.6 Å². The standard InChI is InChI=1S/C18H29N3O4/c1-19(6-7-25-3)9-14-8-15(13-22)11-21(10-14)18(24)16-4-5-17(23)20(2)12-16/h4-5,12,14-15,22H,6-11,13H2,1-3H3/t14-,15+/m1/s1. The number of aryl methyl sites for hydroxylation is 1. The molecule has 0 bridgehead atoms. The summed E-state index contributed by atoms with van der Waals surface area (Å²) < 4.78 is 6.52. The maximum absolute atomic E-state index is 12.8. The lowest BCUT2D eigenvalue weighted by Gasteiger charge is -2.38. The minimum atomic E-state index is -0.138. The Hall–Kier alpha value is -1.70. The van der Waals surface area contributed by atoms with Crippen LogP contribution in [0.4, 0.5) is 0 Å². The van der Waals surface area contributed by atoms with Crippen molar-refractivity contribution in [3.05, 3.63) is 34.2 Å². The van der Waals surface area contributed by atoms with Gasteiger partial charge in [0.05, 0.1) is 12.2 Å². The largest absolute Gasteiger partial charge is 0.396 e. The lowest BCUT2D eigenvalue weighted by molar-refractivity contribution is 0.0450. The van der Waals surface area contributed by atoms with Gasteiger partial charge in [-0.3, -0.25) is 9.59 Å². The summed E-state index contributed by atoms with van der Waals surface area (Å²) in [5, 5.41) is 9.62. The molecule has 2 atom stereocenters. The lowest BCUT2D eigenvalue weighted by Crippen LogP contribution is -2.48. The molecule has 1 aromatic heterocycles. The minimum absolute atomic E-state index is 0.0787. The smallest absolute Gasteiger partial charge is 0.255 e. The van der Waals surface area contributed by atoms with Gasteiger partial charge in [0.15, 0.2) is 0 Å². The number of ether oxygens (including phenoxy) is 1. The molecule has 1 saturated heterocycles. The first-order valence-electron chi connectivity index (χ1n) is 8.68. The lowest BCUT2D eigenvalue weighted by atomic mass is 9.89.